The van der Waals surface area contributed by atoms with E-state index in [-0.39, 0.29) is 6.04 Å². The molecule has 0 fully saturated rings. The SMILES string of the molecule is CCCN(C(C)C)C(CN)c1coc2ccccc12. The van der Waals surface area contributed by atoms with Crippen molar-refractivity contribution < 1.29 is 4.42 Å². The van der Waals surface area contributed by atoms with Crippen LogP contribution >= 0.6 is 0 Å². The molecule has 0 saturated heterocycles. The van der Waals surface area contributed by atoms with E-state index in [0.717, 1.165) is 18.5 Å². The molecule has 2 aromatic rings. The standard InChI is InChI=1S/C16H24N2O/c1-4-9-18(12(2)3)15(10-17)14-11-19-16-8-6-5-7-13(14)16/h5-8,11-12,15H,4,9-10,17H2,1-3H3. The Kier molecular flexibility index (Phi) is 4.61. The van der Waals surface area contributed by atoms with Crippen LogP contribution in [0.25, 0.3) is 11.0 Å². The van der Waals surface area contributed by atoms with Crippen molar-refractivity contribution >= 4 is 11.0 Å². The average molecular weight is 260 g/mol. The molecule has 2 rings (SSSR count). The molecule has 0 radical (unpaired) electrons. The van der Waals surface area contributed by atoms with Crippen LogP contribution in [-0.4, -0.2) is 24.0 Å². The number of rotatable bonds is 6. The minimum atomic E-state index is 0.226. The summed E-state index contributed by atoms with van der Waals surface area (Å²) in [5.74, 6) is 0. The first kappa shape index (κ1) is 14.1. The Morgan fingerprint density at radius 1 is 1.26 bits per heavy atom. The van der Waals surface area contributed by atoms with Crippen molar-refractivity contribution in [2.24, 2.45) is 5.73 Å². The summed E-state index contributed by atoms with van der Waals surface area (Å²) < 4.78 is 5.66. The number of fused-ring (bicyclic) bond motifs is 1. The van der Waals surface area contributed by atoms with Gasteiger partial charge in [0.2, 0.25) is 0 Å². The Labute approximate surface area is 115 Å². The van der Waals surface area contributed by atoms with E-state index in [1.165, 1.54) is 10.9 Å². The molecular weight excluding hydrogens is 236 g/mol. The third-order valence-corrected chi connectivity index (χ3v) is 3.64. The van der Waals surface area contributed by atoms with E-state index in [0.29, 0.717) is 12.6 Å². The summed E-state index contributed by atoms with van der Waals surface area (Å²) in [6.07, 6.45) is 3.00. The van der Waals surface area contributed by atoms with E-state index in [1.54, 1.807) is 0 Å². The molecule has 0 aliphatic carbocycles. The van der Waals surface area contributed by atoms with E-state index in [4.69, 9.17) is 10.2 Å². The third kappa shape index (κ3) is 2.82. The second-order valence-electron chi connectivity index (χ2n) is 5.27. The molecule has 1 unspecified atom stereocenters. The zero-order valence-corrected chi connectivity index (χ0v) is 12.1. The summed E-state index contributed by atoms with van der Waals surface area (Å²) in [7, 11) is 0. The fourth-order valence-corrected chi connectivity index (χ4v) is 2.73. The Morgan fingerprint density at radius 3 is 2.63 bits per heavy atom. The molecule has 104 valence electrons. The zero-order valence-electron chi connectivity index (χ0n) is 12.1. The number of nitrogens with two attached hydrogens (primary N) is 1. The van der Waals surface area contributed by atoms with Gasteiger partial charge in [-0.2, -0.15) is 0 Å². The van der Waals surface area contributed by atoms with Gasteiger partial charge in [-0.25, -0.2) is 0 Å². The van der Waals surface area contributed by atoms with E-state index in [9.17, 15) is 0 Å². The molecule has 1 heterocycles. The molecule has 0 spiro atoms. The molecule has 0 aliphatic heterocycles. The predicted octanol–water partition coefficient (Wildman–Crippen LogP) is 3.55. The number of benzene rings is 1. The van der Waals surface area contributed by atoms with Crippen LogP contribution in [0.5, 0.6) is 0 Å². The van der Waals surface area contributed by atoms with E-state index in [1.807, 2.05) is 18.4 Å². The van der Waals surface area contributed by atoms with Crippen molar-refractivity contribution in [1.29, 1.82) is 0 Å². The Balaban J connectivity index is 2.40. The van der Waals surface area contributed by atoms with Gasteiger partial charge in [-0.3, -0.25) is 4.90 Å². The lowest BCUT2D eigenvalue weighted by atomic mass is 10.0. The lowest BCUT2D eigenvalue weighted by Crippen LogP contribution is -2.39. The van der Waals surface area contributed by atoms with Crippen molar-refractivity contribution in [3.63, 3.8) is 0 Å². The fraction of sp³-hybridized carbons (Fsp3) is 0.500. The molecule has 0 amide bonds. The maximum atomic E-state index is 6.04. The second kappa shape index (κ2) is 6.22. The van der Waals surface area contributed by atoms with Crippen molar-refractivity contribution in [3.8, 4) is 0 Å². The predicted molar refractivity (Wildman–Crippen MR) is 80.1 cm³/mol. The maximum absolute atomic E-state index is 6.04. The van der Waals surface area contributed by atoms with Crippen molar-refractivity contribution in [2.75, 3.05) is 13.1 Å². The van der Waals surface area contributed by atoms with Crippen molar-refractivity contribution in [1.82, 2.24) is 4.90 Å². The fourth-order valence-electron chi connectivity index (χ4n) is 2.73. The molecule has 0 saturated carbocycles. The van der Waals surface area contributed by atoms with Gasteiger partial charge >= 0.3 is 0 Å². The molecule has 1 atom stereocenters. The highest BCUT2D eigenvalue weighted by Crippen LogP contribution is 2.30. The highest BCUT2D eigenvalue weighted by atomic mass is 16.3. The van der Waals surface area contributed by atoms with Crippen LogP contribution in [-0.2, 0) is 0 Å². The van der Waals surface area contributed by atoms with Gasteiger partial charge < -0.3 is 10.2 Å². The number of para-hydroxylation sites is 1. The largest absolute Gasteiger partial charge is 0.464 e. The highest BCUT2D eigenvalue weighted by molar-refractivity contribution is 5.81. The Bertz CT molecular complexity index is 518. The van der Waals surface area contributed by atoms with Crippen LogP contribution in [0, 0.1) is 0 Å². The van der Waals surface area contributed by atoms with Crippen LogP contribution < -0.4 is 5.73 Å². The van der Waals surface area contributed by atoms with Crippen LogP contribution in [0.4, 0.5) is 0 Å². The lowest BCUT2D eigenvalue weighted by molar-refractivity contribution is 0.157. The normalized spacial score (nSPS) is 13.6. The molecule has 2 N–H and O–H groups in total. The molecule has 3 heteroatoms. The van der Waals surface area contributed by atoms with E-state index in [2.05, 4.69) is 37.8 Å². The highest BCUT2D eigenvalue weighted by Gasteiger charge is 2.24. The molecule has 1 aromatic carbocycles. The Morgan fingerprint density at radius 2 is 2.00 bits per heavy atom. The van der Waals surface area contributed by atoms with Gasteiger partial charge in [-0.1, -0.05) is 25.1 Å². The smallest absolute Gasteiger partial charge is 0.134 e. The molecule has 19 heavy (non-hydrogen) atoms. The Hall–Kier alpha value is -1.32. The second-order valence-corrected chi connectivity index (χ2v) is 5.27. The number of hydrogen-bond acceptors (Lipinski definition) is 3. The molecule has 0 aliphatic rings. The number of nitrogens with zero attached hydrogens (tertiary/aromatic N) is 1. The summed E-state index contributed by atoms with van der Waals surface area (Å²) in [5.41, 5.74) is 8.19. The van der Waals surface area contributed by atoms with Gasteiger partial charge in [0.05, 0.1) is 12.3 Å². The maximum Gasteiger partial charge on any atom is 0.134 e. The number of hydrogen-bond donors (Lipinski definition) is 1. The third-order valence-electron chi connectivity index (χ3n) is 3.64. The van der Waals surface area contributed by atoms with Gasteiger partial charge in [0.15, 0.2) is 0 Å². The van der Waals surface area contributed by atoms with Gasteiger partial charge in [0.25, 0.3) is 0 Å². The van der Waals surface area contributed by atoms with Gasteiger partial charge in [-0.05, 0) is 32.9 Å². The van der Waals surface area contributed by atoms with Gasteiger partial charge in [-0.15, -0.1) is 0 Å². The molecule has 3 nitrogen and oxygen atoms in total. The van der Waals surface area contributed by atoms with Crippen molar-refractivity contribution in [2.45, 2.75) is 39.3 Å². The van der Waals surface area contributed by atoms with Crippen LogP contribution in [0.1, 0.15) is 38.8 Å². The minimum Gasteiger partial charge on any atom is -0.464 e. The minimum absolute atomic E-state index is 0.226. The first-order chi connectivity index (χ1) is 9.19. The molecule has 0 bridgehead atoms. The quantitative estimate of drug-likeness (QED) is 0.863. The first-order valence-corrected chi connectivity index (χ1v) is 7.11. The van der Waals surface area contributed by atoms with Crippen LogP contribution in [0.3, 0.4) is 0 Å². The topological polar surface area (TPSA) is 42.4 Å². The van der Waals surface area contributed by atoms with Gasteiger partial charge in [0.1, 0.15) is 5.58 Å². The summed E-state index contributed by atoms with van der Waals surface area (Å²) in [6.45, 7) is 8.32. The number of furan rings is 1. The van der Waals surface area contributed by atoms with Crippen molar-refractivity contribution in [3.05, 3.63) is 36.1 Å². The van der Waals surface area contributed by atoms with E-state index >= 15 is 0 Å². The average Bonchev–Trinajstić information content (AvgIpc) is 2.83. The monoisotopic (exact) mass is 260 g/mol. The van der Waals surface area contributed by atoms with Gasteiger partial charge in [0, 0.05) is 23.5 Å². The molecule has 1 aromatic heterocycles. The summed E-state index contributed by atoms with van der Waals surface area (Å²) >= 11 is 0. The molecular formula is C16H24N2O. The first-order valence-electron chi connectivity index (χ1n) is 7.11. The lowest BCUT2D eigenvalue weighted by Gasteiger charge is -2.33. The summed E-state index contributed by atoms with van der Waals surface area (Å²) in [5, 5.41) is 1.18. The summed E-state index contributed by atoms with van der Waals surface area (Å²) in [4.78, 5) is 2.46. The van der Waals surface area contributed by atoms with E-state index < -0.39 is 0 Å². The van der Waals surface area contributed by atoms with Crippen LogP contribution in [0.2, 0.25) is 0 Å². The summed E-state index contributed by atoms with van der Waals surface area (Å²) in [6, 6.07) is 8.87. The van der Waals surface area contributed by atoms with Crippen LogP contribution in [0.15, 0.2) is 34.9 Å². The zero-order chi connectivity index (χ0) is 13.8.